The topological polar surface area (TPSA) is 60.7 Å². The summed E-state index contributed by atoms with van der Waals surface area (Å²) in [4.78, 5) is 20.6. The predicted octanol–water partition coefficient (Wildman–Crippen LogP) is 1.93. The second-order valence-electron chi connectivity index (χ2n) is 4.31. The SMILES string of the molecule is CCCn1ncnc1C(=O)c1ncc(C)cc1C. The maximum Gasteiger partial charge on any atom is 0.248 e. The van der Waals surface area contributed by atoms with Crippen LogP contribution in [0, 0.1) is 13.8 Å². The molecule has 2 aromatic rings. The lowest BCUT2D eigenvalue weighted by molar-refractivity contribution is 0.101. The molecule has 0 spiro atoms. The molecule has 0 bridgehead atoms. The highest BCUT2D eigenvalue weighted by atomic mass is 16.1. The van der Waals surface area contributed by atoms with E-state index in [0.717, 1.165) is 17.5 Å². The highest BCUT2D eigenvalue weighted by Gasteiger charge is 2.19. The zero-order valence-electron chi connectivity index (χ0n) is 10.8. The van der Waals surface area contributed by atoms with Gasteiger partial charge in [0.25, 0.3) is 0 Å². The maximum atomic E-state index is 12.3. The summed E-state index contributed by atoms with van der Waals surface area (Å²) in [7, 11) is 0. The summed E-state index contributed by atoms with van der Waals surface area (Å²) >= 11 is 0. The smallest absolute Gasteiger partial charge is 0.248 e. The molecular weight excluding hydrogens is 228 g/mol. The van der Waals surface area contributed by atoms with E-state index in [0.29, 0.717) is 18.1 Å². The molecule has 0 aromatic carbocycles. The molecule has 0 fully saturated rings. The van der Waals surface area contributed by atoms with Gasteiger partial charge >= 0.3 is 0 Å². The predicted molar refractivity (Wildman–Crippen MR) is 67.5 cm³/mol. The van der Waals surface area contributed by atoms with Crippen LogP contribution in [-0.2, 0) is 6.54 Å². The third-order valence-electron chi connectivity index (χ3n) is 2.68. The molecule has 0 saturated heterocycles. The number of carbonyl (C=O) groups is 1. The molecule has 2 aromatic heterocycles. The molecule has 0 aliphatic carbocycles. The van der Waals surface area contributed by atoms with Crippen molar-refractivity contribution in [3.05, 3.63) is 41.2 Å². The summed E-state index contributed by atoms with van der Waals surface area (Å²) < 4.78 is 1.63. The molecule has 0 N–H and O–H groups in total. The molecule has 0 amide bonds. The minimum atomic E-state index is -0.168. The number of ketones is 1. The highest BCUT2D eigenvalue weighted by Crippen LogP contribution is 2.11. The van der Waals surface area contributed by atoms with Gasteiger partial charge < -0.3 is 0 Å². The van der Waals surface area contributed by atoms with E-state index in [1.807, 2.05) is 26.8 Å². The van der Waals surface area contributed by atoms with Crippen molar-refractivity contribution in [1.82, 2.24) is 19.7 Å². The molecule has 0 atom stereocenters. The molecule has 0 aliphatic heterocycles. The molecule has 5 nitrogen and oxygen atoms in total. The summed E-state index contributed by atoms with van der Waals surface area (Å²) in [6.45, 7) is 6.55. The monoisotopic (exact) mass is 244 g/mol. The minimum absolute atomic E-state index is 0.168. The number of hydrogen-bond donors (Lipinski definition) is 0. The van der Waals surface area contributed by atoms with Crippen molar-refractivity contribution in [1.29, 1.82) is 0 Å². The van der Waals surface area contributed by atoms with Crippen molar-refractivity contribution in [3.63, 3.8) is 0 Å². The molecule has 94 valence electrons. The third-order valence-corrected chi connectivity index (χ3v) is 2.68. The lowest BCUT2D eigenvalue weighted by atomic mass is 10.1. The maximum absolute atomic E-state index is 12.3. The second kappa shape index (κ2) is 5.08. The van der Waals surface area contributed by atoms with Crippen LogP contribution < -0.4 is 0 Å². The molecule has 0 saturated carbocycles. The van der Waals surface area contributed by atoms with Crippen LogP contribution in [0.5, 0.6) is 0 Å². The number of rotatable bonds is 4. The van der Waals surface area contributed by atoms with E-state index >= 15 is 0 Å². The van der Waals surface area contributed by atoms with E-state index in [2.05, 4.69) is 15.1 Å². The fourth-order valence-corrected chi connectivity index (χ4v) is 1.87. The summed E-state index contributed by atoms with van der Waals surface area (Å²) in [5, 5.41) is 4.06. The second-order valence-corrected chi connectivity index (χ2v) is 4.31. The van der Waals surface area contributed by atoms with Crippen molar-refractivity contribution in [2.75, 3.05) is 0 Å². The molecule has 0 aliphatic rings. The van der Waals surface area contributed by atoms with Crippen molar-refractivity contribution in [2.24, 2.45) is 0 Å². The van der Waals surface area contributed by atoms with Crippen LogP contribution in [0.25, 0.3) is 0 Å². The lowest BCUT2D eigenvalue weighted by Gasteiger charge is -2.06. The third kappa shape index (κ3) is 2.30. The molecule has 2 rings (SSSR count). The Morgan fingerprint density at radius 3 is 2.78 bits per heavy atom. The van der Waals surface area contributed by atoms with Crippen LogP contribution in [0.3, 0.4) is 0 Å². The Bertz CT molecular complexity index is 574. The van der Waals surface area contributed by atoms with Gasteiger partial charge in [-0.05, 0) is 31.4 Å². The van der Waals surface area contributed by atoms with Crippen molar-refractivity contribution < 1.29 is 4.79 Å². The van der Waals surface area contributed by atoms with E-state index in [-0.39, 0.29) is 5.78 Å². The van der Waals surface area contributed by atoms with Gasteiger partial charge in [0.1, 0.15) is 12.0 Å². The highest BCUT2D eigenvalue weighted by molar-refractivity contribution is 6.06. The van der Waals surface area contributed by atoms with Crippen LogP contribution in [0.4, 0.5) is 0 Å². The molecule has 0 radical (unpaired) electrons. The fourth-order valence-electron chi connectivity index (χ4n) is 1.87. The zero-order valence-corrected chi connectivity index (χ0v) is 10.8. The number of pyridine rings is 1. The summed E-state index contributed by atoms with van der Waals surface area (Å²) in [5.41, 5.74) is 2.36. The first-order chi connectivity index (χ1) is 8.63. The average molecular weight is 244 g/mol. The molecule has 5 heteroatoms. The number of aromatic nitrogens is 4. The van der Waals surface area contributed by atoms with Crippen LogP contribution in [0.1, 0.15) is 40.8 Å². The summed E-state index contributed by atoms with van der Waals surface area (Å²) in [6, 6.07) is 1.95. The van der Waals surface area contributed by atoms with Gasteiger partial charge in [0.2, 0.25) is 11.6 Å². The van der Waals surface area contributed by atoms with Gasteiger partial charge in [-0.15, -0.1) is 0 Å². The van der Waals surface area contributed by atoms with Gasteiger partial charge in [-0.1, -0.05) is 13.0 Å². The summed E-state index contributed by atoms with van der Waals surface area (Å²) in [5.74, 6) is 0.190. The van der Waals surface area contributed by atoms with Gasteiger partial charge in [0.05, 0.1) is 0 Å². The first-order valence-corrected chi connectivity index (χ1v) is 5.99. The van der Waals surface area contributed by atoms with Gasteiger partial charge in [-0.3, -0.25) is 9.78 Å². The van der Waals surface area contributed by atoms with E-state index in [1.54, 1.807) is 10.9 Å². The number of carbonyl (C=O) groups excluding carboxylic acids is 1. The van der Waals surface area contributed by atoms with Gasteiger partial charge in [-0.2, -0.15) is 5.10 Å². The zero-order chi connectivity index (χ0) is 13.1. The van der Waals surface area contributed by atoms with Crippen LogP contribution in [0.15, 0.2) is 18.6 Å². The van der Waals surface area contributed by atoms with E-state index < -0.39 is 0 Å². The number of hydrogen-bond acceptors (Lipinski definition) is 4. The van der Waals surface area contributed by atoms with E-state index in [4.69, 9.17) is 0 Å². The Morgan fingerprint density at radius 1 is 1.33 bits per heavy atom. The van der Waals surface area contributed by atoms with Gasteiger partial charge in [0.15, 0.2) is 0 Å². The first-order valence-electron chi connectivity index (χ1n) is 5.99. The quantitative estimate of drug-likeness (QED) is 0.771. The Hall–Kier alpha value is -2.04. The fraction of sp³-hybridized carbons (Fsp3) is 0.385. The normalized spacial score (nSPS) is 10.6. The van der Waals surface area contributed by atoms with E-state index in [1.165, 1.54) is 6.33 Å². The molecule has 18 heavy (non-hydrogen) atoms. The van der Waals surface area contributed by atoms with E-state index in [9.17, 15) is 4.79 Å². The molecule has 0 unspecified atom stereocenters. The Labute approximate surface area is 106 Å². The average Bonchev–Trinajstić information content (AvgIpc) is 2.77. The largest absolute Gasteiger partial charge is 0.283 e. The summed E-state index contributed by atoms with van der Waals surface area (Å²) in [6.07, 6.45) is 4.01. The molecular formula is C13H16N4O. The first kappa shape index (κ1) is 12.4. The van der Waals surface area contributed by atoms with Crippen LogP contribution in [0.2, 0.25) is 0 Å². The van der Waals surface area contributed by atoms with Crippen LogP contribution in [-0.4, -0.2) is 25.5 Å². The van der Waals surface area contributed by atoms with Crippen molar-refractivity contribution in [3.8, 4) is 0 Å². The standard InChI is InChI=1S/C13H16N4O/c1-4-5-17-13(15-8-16-17)12(18)11-10(3)6-9(2)7-14-11/h6-8H,4-5H2,1-3H3. The Kier molecular flexibility index (Phi) is 3.50. The number of aryl methyl sites for hydroxylation is 3. The minimum Gasteiger partial charge on any atom is -0.283 e. The van der Waals surface area contributed by atoms with Gasteiger partial charge in [0, 0.05) is 12.7 Å². The molecule has 2 heterocycles. The Balaban J connectivity index is 2.38. The number of nitrogens with zero attached hydrogens (tertiary/aromatic N) is 4. The van der Waals surface area contributed by atoms with Crippen molar-refractivity contribution in [2.45, 2.75) is 33.7 Å². The van der Waals surface area contributed by atoms with Crippen LogP contribution >= 0.6 is 0 Å². The van der Waals surface area contributed by atoms with Crippen molar-refractivity contribution >= 4 is 5.78 Å². The lowest BCUT2D eigenvalue weighted by Crippen LogP contribution is -2.15. The van der Waals surface area contributed by atoms with Gasteiger partial charge in [-0.25, -0.2) is 9.67 Å². The Morgan fingerprint density at radius 2 is 2.11 bits per heavy atom.